The van der Waals surface area contributed by atoms with Crippen LogP contribution in [-0.4, -0.2) is 19.9 Å². The first-order chi connectivity index (χ1) is 8.15. The van der Waals surface area contributed by atoms with Crippen molar-refractivity contribution in [2.24, 2.45) is 11.3 Å². The molecule has 6 heteroatoms. The molecule has 102 valence electrons. The molecule has 1 rings (SSSR count). The van der Waals surface area contributed by atoms with Crippen LogP contribution in [0.2, 0.25) is 5.15 Å². The molecule has 1 aromatic heterocycles. The number of aromatic nitrogens is 1. The van der Waals surface area contributed by atoms with Crippen LogP contribution in [0.25, 0.3) is 0 Å². The van der Waals surface area contributed by atoms with E-state index in [0.717, 1.165) is 0 Å². The first kappa shape index (κ1) is 15.4. The summed E-state index contributed by atoms with van der Waals surface area (Å²) < 4.78 is 26.7. The molecule has 0 radical (unpaired) electrons. The lowest BCUT2D eigenvalue weighted by atomic mass is 9.81. The van der Waals surface area contributed by atoms with Crippen LogP contribution >= 0.6 is 11.6 Å². The number of hydrogen-bond acceptors (Lipinski definition) is 3. The molecule has 0 aromatic carbocycles. The number of hydrogen-bond donors (Lipinski definition) is 1. The average molecular weight is 291 g/mol. The maximum Gasteiger partial charge on any atom is 0.240 e. The molecule has 0 fully saturated rings. The van der Waals surface area contributed by atoms with E-state index in [9.17, 15) is 8.42 Å². The Morgan fingerprint density at radius 3 is 2.56 bits per heavy atom. The predicted molar refractivity (Wildman–Crippen MR) is 73.1 cm³/mol. The van der Waals surface area contributed by atoms with Crippen molar-refractivity contribution in [3.63, 3.8) is 0 Å². The summed E-state index contributed by atoms with van der Waals surface area (Å²) in [6.45, 7) is 8.57. The van der Waals surface area contributed by atoms with Crippen molar-refractivity contribution in [3.8, 4) is 0 Å². The average Bonchev–Trinajstić information content (AvgIpc) is 2.26. The Morgan fingerprint density at radius 1 is 1.44 bits per heavy atom. The van der Waals surface area contributed by atoms with Crippen LogP contribution in [0.4, 0.5) is 0 Å². The van der Waals surface area contributed by atoms with Gasteiger partial charge in [0.25, 0.3) is 0 Å². The smallest absolute Gasteiger partial charge is 0.240 e. The Balaban J connectivity index is 2.84. The van der Waals surface area contributed by atoms with Crippen LogP contribution in [0.5, 0.6) is 0 Å². The molecule has 1 N–H and O–H groups in total. The molecule has 0 aliphatic rings. The van der Waals surface area contributed by atoms with E-state index in [4.69, 9.17) is 11.6 Å². The highest BCUT2D eigenvalue weighted by Crippen LogP contribution is 2.25. The Kier molecular flexibility index (Phi) is 4.75. The lowest BCUT2D eigenvalue weighted by molar-refractivity contribution is 0.252. The molecule has 0 amide bonds. The minimum absolute atomic E-state index is 0.107. The van der Waals surface area contributed by atoms with Crippen LogP contribution in [0.3, 0.4) is 0 Å². The third-order valence-corrected chi connectivity index (χ3v) is 4.89. The van der Waals surface area contributed by atoms with Crippen molar-refractivity contribution in [2.75, 3.05) is 6.54 Å². The molecule has 0 aliphatic carbocycles. The minimum Gasteiger partial charge on any atom is -0.244 e. The number of nitrogens with one attached hydrogen (secondary N) is 1. The maximum absolute atomic E-state index is 12.1. The van der Waals surface area contributed by atoms with E-state index in [0.29, 0.717) is 12.5 Å². The molecule has 18 heavy (non-hydrogen) atoms. The van der Waals surface area contributed by atoms with Gasteiger partial charge >= 0.3 is 0 Å². The van der Waals surface area contributed by atoms with Crippen LogP contribution in [0, 0.1) is 11.3 Å². The van der Waals surface area contributed by atoms with E-state index in [-0.39, 0.29) is 15.5 Å². The van der Waals surface area contributed by atoms with E-state index >= 15 is 0 Å². The third kappa shape index (κ3) is 3.93. The van der Waals surface area contributed by atoms with Gasteiger partial charge in [0.15, 0.2) is 0 Å². The monoisotopic (exact) mass is 290 g/mol. The highest BCUT2D eigenvalue weighted by Gasteiger charge is 2.25. The fourth-order valence-corrected chi connectivity index (χ4v) is 2.59. The van der Waals surface area contributed by atoms with E-state index in [1.807, 2.05) is 13.8 Å². The van der Waals surface area contributed by atoms with Gasteiger partial charge in [-0.05, 0) is 23.5 Å². The highest BCUT2D eigenvalue weighted by molar-refractivity contribution is 7.89. The quantitative estimate of drug-likeness (QED) is 0.848. The Morgan fingerprint density at radius 2 is 2.06 bits per heavy atom. The van der Waals surface area contributed by atoms with Gasteiger partial charge in [0, 0.05) is 12.7 Å². The van der Waals surface area contributed by atoms with Gasteiger partial charge in [-0.15, -0.1) is 0 Å². The first-order valence-electron chi connectivity index (χ1n) is 5.76. The molecule has 0 aliphatic heterocycles. The van der Waals surface area contributed by atoms with Crippen LogP contribution in [0.15, 0.2) is 23.2 Å². The number of rotatable bonds is 5. The summed E-state index contributed by atoms with van der Waals surface area (Å²) in [6.07, 6.45) is 1.38. The molecule has 0 unspecified atom stereocenters. The number of sulfonamides is 1. The topological polar surface area (TPSA) is 59.1 Å². The Bertz CT molecular complexity index is 513. The number of nitrogens with zero attached hydrogens (tertiary/aromatic N) is 1. The van der Waals surface area contributed by atoms with Crippen molar-refractivity contribution in [1.29, 1.82) is 0 Å². The SMILES string of the molecule is CC(C)C(C)(C)CNS(=O)(=O)c1ccnc(Cl)c1. The molecule has 0 bridgehead atoms. The zero-order valence-corrected chi connectivity index (χ0v) is 12.6. The normalized spacial score (nSPS) is 13.0. The summed E-state index contributed by atoms with van der Waals surface area (Å²) in [6, 6.07) is 2.77. The van der Waals surface area contributed by atoms with Gasteiger partial charge in [0.05, 0.1) is 4.90 Å². The standard InChI is InChI=1S/C12H19ClN2O2S/c1-9(2)12(3,4)8-15-18(16,17)10-5-6-14-11(13)7-10/h5-7,9,15H,8H2,1-4H3. The Hall–Kier alpha value is -0.650. The van der Waals surface area contributed by atoms with E-state index in [2.05, 4.69) is 23.6 Å². The van der Waals surface area contributed by atoms with Crippen LogP contribution < -0.4 is 4.72 Å². The minimum atomic E-state index is -3.52. The molecule has 1 aromatic rings. The van der Waals surface area contributed by atoms with Crippen LogP contribution in [0.1, 0.15) is 27.7 Å². The fourth-order valence-electron chi connectivity index (χ4n) is 1.12. The van der Waals surface area contributed by atoms with E-state index < -0.39 is 10.0 Å². The van der Waals surface area contributed by atoms with Gasteiger partial charge in [-0.3, -0.25) is 0 Å². The number of halogens is 1. The molecule has 0 spiro atoms. The lowest BCUT2D eigenvalue weighted by Crippen LogP contribution is -2.36. The molecule has 1 heterocycles. The van der Waals surface area contributed by atoms with Gasteiger partial charge < -0.3 is 0 Å². The van der Waals surface area contributed by atoms with Crippen molar-refractivity contribution in [2.45, 2.75) is 32.6 Å². The molecule has 0 atom stereocenters. The van der Waals surface area contributed by atoms with Crippen molar-refractivity contribution < 1.29 is 8.42 Å². The molecule has 0 saturated heterocycles. The fraction of sp³-hybridized carbons (Fsp3) is 0.583. The van der Waals surface area contributed by atoms with Gasteiger partial charge in [-0.1, -0.05) is 39.3 Å². The summed E-state index contributed by atoms with van der Waals surface area (Å²) in [5, 5.41) is 0.168. The lowest BCUT2D eigenvalue weighted by Gasteiger charge is -2.29. The Labute approximate surface area is 114 Å². The molecular formula is C12H19ClN2O2S. The third-order valence-electron chi connectivity index (χ3n) is 3.29. The largest absolute Gasteiger partial charge is 0.244 e. The van der Waals surface area contributed by atoms with Gasteiger partial charge in [0.2, 0.25) is 10.0 Å². The highest BCUT2D eigenvalue weighted by atomic mass is 35.5. The second kappa shape index (κ2) is 5.55. The van der Waals surface area contributed by atoms with Gasteiger partial charge in [-0.2, -0.15) is 0 Å². The molecule has 0 saturated carbocycles. The first-order valence-corrected chi connectivity index (χ1v) is 7.62. The van der Waals surface area contributed by atoms with Gasteiger partial charge in [0.1, 0.15) is 5.15 Å². The van der Waals surface area contributed by atoms with Crippen molar-refractivity contribution in [3.05, 3.63) is 23.5 Å². The van der Waals surface area contributed by atoms with E-state index in [1.165, 1.54) is 18.3 Å². The zero-order valence-electron chi connectivity index (χ0n) is 11.1. The second-order valence-electron chi connectivity index (χ2n) is 5.28. The summed E-state index contributed by atoms with van der Waals surface area (Å²) in [5.41, 5.74) is -0.107. The van der Waals surface area contributed by atoms with Crippen molar-refractivity contribution in [1.82, 2.24) is 9.71 Å². The summed E-state index contributed by atoms with van der Waals surface area (Å²) in [5.74, 6) is 0.376. The molecular weight excluding hydrogens is 272 g/mol. The maximum atomic E-state index is 12.1. The van der Waals surface area contributed by atoms with E-state index in [1.54, 1.807) is 0 Å². The van der Waals surface area contributed by atoms with Crippen LogP contribution in [-0.2, 0) is 10.0 Å². The summed E-state index contributed by atoms with van der Waals surface area (Å²) in [4.78, 5) is 3.90. The second-order valence-corrected chi connectivity index (χ2v) is 7.44. The zero-order chi connectivity index (χ0) is 14.0. The molecule has 4 nitrogen and oxygen atoms in total. The van der Waals surface area contributed by atoms with Gasteiger partial charge in [-0.25, -0.2) is 18.1 Å². The summed E-state index contributed by atoms with van der Waals surface area (Å²) >= 11 is 5.69. The van der Waals surface area contributed by atoms with Crippen molar-refractivity contribution >= 4 is 21.6 Å². The predicted octanol–water partition coefficient (Wildman–Crippen LogP) is 2.70. The summed E-state index contributed by atoms with van der Waals surface area (Å²) in [7, 11) is -3.52. The number of pyridine rings is 1.